The maximum absolute atomic E-state index is 8.88. The highest BCUT2D eigenvalue weighted by molar-refractivity contribution is 7.45. The standard InChI is InChI=1S/C13H26O7.H3O4P/c1-4-11-14-16-18-20-19-17-15-12-9-7-5-6-8-10-13(2)3;1-5(2,3)4/h4,11,13H,5-10,12H2,1-3H3;(H3,1,2,3,4). The Morgan fingerprint density at radius 2 is 1.40 bits per heavy atom. The summed E-state index contributed by atoms with van der Waals surface area (Å²) in [6, 6.07) is 0. The molecule has 12 heteroatoms. The van der Waals surface area contributed by atoms with E-state index in [1.165, 1.54) is 31.9 Å². The largest absolute Gasteiger partial charge is 0.466 e. The van der Waals surface area contributed by atoms with E-state index in [9.17, 15) is 0 Å². The van der Waals surface area contributed by atoms with Crippen LogP contribution in [0.4, 0.5) is 0 Å². The van der Waals surface area contributed by atoms with Gasteiger partial charge in [0.05, 0.1) is 6.61 Å². The molecule has 0 saturated carbocycles. The normalized spacial score (nSPS) is 11.6. The van der Waals surface area contributed by atoms with Gasteiger partial charge in [0, 0.05) is 15.1 Å². The highest BCUT2D eigenvalue weighted by atomic mass is 31.2. The van der Waals surface area contributed by atoms with Gasteiger partial charge in [0.15, 0.2) is 0 Å². The molecule has 0 bridgehead atoms. The fraction of sp³-hybridized carbons (Fsp3) is 0.846. The molecule has 0 rings (SSSR count). The molecule has 0 atom stereocenters. The minimum Gasteiger partial charge on any atom is -0.314 e. The van der Waals surface area contributed by atoms with E-state index in [1.54, 1.807) is 13.0 Å². The molecule has 0 aromatic carbocycles. The molecule has 0 unspecified atom stereocenters. The Kier molecular flexibility index (Phi) is 21.0. The van der Waals surface area contributed by atoms with Crippen LogP contribution in [0, 0.1) is 5.92 Å². The van der Waals surface area contributed by atoms with Crippen molar-refractivity contribution in [2.45, 2.75) is 59.3 Å². The minimum absolute atomic E-state index is 0.420. The minimum atomic E-state index is -4.64. The van der Waals surface area contributed by atoms with E-state index in [4.69, 9.17) is 19.2 Å². The van der Waals surface area contributed by atoms with Crippen molar-refractivity contribution in [3.63, 3.8) is 0 Å². The van der Waals surface area contributed by atoms with Gasteiger partial charge in [0.1, 0.15) is 6.26 Å². The molecule has 0 amide bonds. The summed E-state index contributed by atoms with van der Waals surface area (Å²) in [5, 5.41) is 20.1. The Bertz CT molecular complexity index is 324. The van der Waals surface area contributed by atoms with Crippen LogP contribution in [0.5, 0.6) is 0 Å². The second-order valence-electron chi connectivity index (χ2n) is 5.19. The van der Waals surface area contributed by atoms with Crippen molar-refractivity contribution in [3.05, 3.63) is 12.3 Å². The van der Waals surface area contributed by atoms with E-state index >= 15 is 0 Å². The molecule has 0 aliphatic rings. The quantitative estimate of drug-likeness (QED) is 0.124. The highest BCUT2D eigenvalue weighted by Gasteiger charge is 2.00. The van der Waals surface area contributed by atoms with Crippen LogP contribution >= 0.6 is 7.82 Å². The first-order valence-electron chi connectivity index (χ1n) is 7.78. The molecule has 11 nitrogen and oxygen atoms in total. The summed E-state index contributed by atoms with van der Waals surface area (Å²) >= 11 is 0. The summed E-state index contributed by atoms with van der Waals surface area (Å²) < 4.78 is 8.88. The molecule has 152 valence electrons. The van der Waals surface area contributed by atoms with Gasteiger partial charge >= 0.3 is 7.82 Å². The van der Waals surface area contributed by atoms with Gasteiger partial charge < -0.3 is 19.6 Å². The molecule has 0 aliphatic carbocycles. The summed E-state index contributed by atoms with van der Waals surface area (Å²) in [7, 11) is -4.64. The van der Waals surface area contributed by atoms with Crippen LogP contribution in [0.2, 0.25) is 0 Å². The van der Waals surface area contributed by atoms with Crippen LogP contribution in [-0.2, 0) is 39.5 Å². The van der Waals surface area contributed by atoms with Gasteiger partial charge in [0.25, 0.3) is 0 Å². The van der Waals surface area contributed by atoms with Crippen LogP contribution in [0.25, 0.3) is 0 Å². The molecule has 0 heterocycles. The third-order valence-corrected chi connectivity index (χ3v) is 2.40. The number of unbranched alkanes of at least 4 members (excludes halogenated alkanes) is 4. The second kappa shape index (κ2) is 19.7. The van der Waals surface area contributed by atoms with E-state index < -0.39 is 7.82 Å². The summed E-state index contributed by atoms with van der Waals surface area (Å²) in [6.45, 7) is 6.65. The van der Waals surface area contributed by atoms with Crippen molar-refractivity contribution in [2.75, 3.05) is 6.61 Å². The van der Waals surface area contributed by atoms with Crippen molar-refractivity contribution < 1.29 is 54.2 Å². The van der Waals surface area contributed by atoms with Gasteiger partial charge in [-0.05, 0) is 35.4 Å². The predicted molar refractivity (Wildman–Crippen MR) is 84.1 cm³/mol. The van der Waals surface area contributed by atoms with Crippen molar-refractivity contribution in [1.82, 2.24) is 0 Å². The Morgan fingerprint density at radius 1 is 0.880 bits per heavy atom. The van der Waals surface area contributed by atoms with Gasteiger partial charge in [-0.25, -0.2) is 9.45 Å². The average Bonchev–Trinajstić information content (AvgIpc) is 2.49. The zero-order chi connectivity index (χ0) is 19.4. The summed E-state index contributed by atoms with van der Waals surface area (Å²) in [6.07, 6.45) is 9.87. The molecule has 0 fully saturated rings. The van der Waals surface area contributed by atoms with Gasteiger partial charge in [-0.1, -0.05) is 46.0 Å². The van der Waals surface area contributed by atoms with Crippen LogP contribution in [0.15, 0.2) is 12.3 Å². The first-order chi connectivity index (χ1) is 11.8. The van der Waals surface area contributed by atoms with Crippen LogP contribution < -0.4 is 0 Å². The Labute approximate surface area is 147 Å². The Balaban J connectivity index is 0. The summed E-state index contributed by atoms with van der Waals surface area (Å²) in [5.74, 6) is 0.790. The SMILES string of the molecule is CC=COOOOOOOCCCCCCCC(C)C.O=P(O)(O)O. The molecule has 0 aromatic heterocycles. The monoisotopic (exact) mass is 392 g/mol. The van der Waals surface area contributed by atoms with Gasteiger partial charge in [-0.2, -0.15) is 0 Å². The average molecular weight is 392 g/mol. The zero-order valence-corrected chi connectivity index (χ0v) is 15.6. The second-order valence-corrected chi connectivity index (χ2v) is 6.22. The molecule has 0 aromatic rings. The van der Waals surface area contributed by atoms with Crippen molar-refractivity contribution in [3.8, 4) is 0 Å². The lowest BCUT2D eigenvalue weighted by atomic mass is 10.0. The van der Waals surface area contributed by atoms with E-state index in [0.717, 1.165) is 18.8 Å². The van der Waals surface area contributed by atoms with E-state index in [1.807, 2.05) is 0 Å². The van der Waals surface area contributed by atoms with E-state index in [-0.39, 0.29) is 0 Å². The number of allylic oxidation sites excluding steroid dienone is 1. The highest BCUT2D eigenvalue weighted by Crippen LogP contribution is 2.25. The van der Waals surface area contributed by atoms with Crippen LogP contribution in [0.1, 0.15) is 59.3 Å². The molecule has 25 heavy (non-hydrogen) atoms. The summed E-state index contributed by atoms with van der Waals surface area (Å²) in [4.78, 5) is 30.5. The van der Waals surface area contributed by atoms with Crippen molar-refractivity contribution >= 4 is 7.82 Å². The number of hydrogen-bond acceptors (Lipinski definition) is 8. The maximum atomic E-state index is 8.88. The lowest BCUT2D eigenvalue weighted by Crippen LogP contribution is -2.01. The third-order valence-electron chi connectivity index (χ3n) is 2.40. The molecule has 0 saturated heterocycles. The van der Waals surface area contributed by atoms with Crippen molar-refractivity contribution in [2.24, 2.45) is 5.92 Å². The van der Waals surface area contributed by atoms with Crippen molar-refractivity contribution in [1.29, 1.82) is 0 Å². The fourth-order valence-electron chi connectivity index (χ4n) is 1.43. The lowest BCUT2D eigenvalue weighted by molar-refractivity contribution is -0.786. The van der Waals surface area contributed by atoms with E-state index in [0.29, 0.717) is 6.61 Å². The Hall–Kier alpha value is -0.590. The number of hydrogen-bond donors (Lipinski definition) is 3. The molecule has 0 spiro atoms. The van der Waals surface area contributed by atoms with Crippen LogP contribution in [0.3, 0.4) is 0 Å². The molecule has 0 aliphatic heterocycles. The lowest BCUT2D eigenvalue weighted by Gasteiger charge is -2.04. The zero-order valence-electron chi connectivity index (χ0n) is 14.7. The molecule has 3 N–H and O–H groups in total. The van der Waals surface area contributed by atoms with Gasteiger partial charge in [0.2, 0.25) is 0 Å². The smallest absolute Gasteiger partial charge is 0.314 e. The molecule has 0 radical (unpaired) electrons. The maximum Gasteiger partial charge on any atom is 0.466 e. The summed E-state index contributed by atoms with van der Waals surface area (Å²) in [5.41, 5.74) is 0. The molecular weight excluding hydrogens is 363 g/mol. The fourth-order valence-corrected chi connectivity index (χ4v) is 1.43. The number of rotatable bonds is 15. The third kappa shape index (κ3) is 39.8. The first-order valence-corrected chi connectivity index (χ1v) is 9.35. The van der Waals surface area contributed by atoms with Gasteiger partial charge in [-0.15, -0.1) is 0 Å². The molecular formula is C13H29O11P. The predicted octanol–water partition coefficient (Wildman–Crippen LogP) is 3.19. The van der Waals surface area contributed by atoms with Crippen LogP contribution in [-0.4, -0.2) is 21.3 Å². The Morgan fingerprint density at radius 3 is 2.00 bits per heavy atom. The topological polar surface area (TPSA) is 142 Å². The number of phosphoric acid groups is 1. The van der Waals surface area contributed by atoms with Gasteiger partial charge in [-0.3, -0.25) is 0 Å². The first kappa shape index (κ1) is 26.6. The van der Waals surface area contributed by atoms with E-state index in [2.05, 4.69) is 48.8 Å².